The van der Waals surface area contributed by atoms with Gasteiger partial charge in [0.05, 0.1) is 11.9 Å². The Morgan fingerprint density at radius 1 is 0.968 bits per heavy atom. The summed E-state index contributed by atoms with van der Waals surface area (Å²) in [5, 5.41) is 7.85. The second-order valence-corrected chi connectivity index (χ2v) is 8.08. The molecule has 0 radical (unpaired) electrons. The first-order valence-corrected chi connectivity index (χ1v) is 10.8. The molecule has 0 N–H and O–H groups in total. The summed E-state index contributed by atoms with van der Waals surface area (Å²) in [5.74, 6) is 0.757. The Morgan fingerprint density at radius 2 is 1.74 bits per heavy atom. The molecule has 5 aromatic rings. The van der Waals surface area contributed by atoms with E-state index in [2.05, 4.69) is 31.0 Å². The normalized spacial score (nSPS) is 12.3. The Hall–Kier alpha value is -3.77. The molecule has 0 aliphatic carbocycles. The SMILES string of the molecule is Cc1cccc(C)c1N=c1scc(-c2cc3ccccc3o2)n1N=Cc1ccncc1. The molecule has 2 aromatic carbocycles. The molecule has 0 unspecified atom stereocenters. The first-order chi connectivity index (χ1) is 15.2. The fraction of sp³-hybridized carbons (Fsp3) is 0.0800. The van der Waals surface area contributed by atoms with Gasteiger partial charge in [-0.15, -0.1) is 11.3 Å². The molecule has 0 aliphatic rings. The fourth-order valence-corrected chi connectivity index (χ4v) is 4.24. The van der Waals surface area contributed by atoms with Gasteiger partial charge in [-0.2, -0.15) is 5.10 Å². The highest BCUT2D eigenvalue weighted by Gasteiger charge is 2.13. The summed E-state index contributed by atoms with van der Waals surface area (Å²) in [7, 11) is 0. The first kappa shape index (κ1) is 19.2. The third kappa shape index (κ3) is 3.85. The van der Waals surface area contributed by atoms with Crippen LogP contribution in [0.3, 0.4) is 0 Å². The van der Waals surface area contributed by atoms with E-state index in [0.29, 0.717) is 0 Å². The van der Waals surface area contributed by atoms with Crippen LogP contribution in [0.15, 0.2) is 92.9 Å². The van der Waals surface area contributed by atoms with Crippen LogP contribution in [0.2, 0.25) is 0 Å². The predicted octanol–water partition coefficient (Wildman–Crippen LogP) is 6.09. The molecule has 5 nitrogen and oxygen atoms in total. The van der Waals surface area contributed by atoms with Crippen molar-refractivity contribution in [1.29, 1.82) is 0 Å². The van der Waals surface area contributed by atoms with Crippen LogP contribution in [0, 0.1) is 13.8 Å². The molecule has 3 aromatic heterocycles. The zero-order chi connectivity index (χ0) is 21.2. The Kier molecular flexibility index (Phi) is 5.06. The number of pyridine rings is 1. The second-order valence-electron chi connectivity index (χ2n) is 7.24. The van der Waals surface area contributed by atoms with Gasteiger partial charge in [-0.25, -0.2) is 9.67 Å². The maximum Gasteiger partial charge on any atom is 0.211 e. The van der Waals surface area contributed by atoms with E-state index in [0.717, 1.165) is 49.6 Å². The third-order valence-corrected chi connectivity index (χ3v) is 5.85. The maximum absolute atomic E-state index is 6.12. The quantitative estimate of drug-likeness (QED) is 0.328. The Labute approximate surface area is 183 Å². The topological polar surface area (TPSA) is 55.7 Å². The molecule has 6 heteroatoms. The number of aryl methyl sites for hydroxylation is 2. The van der Waals surface area contributed by atoms with Crippen molar-refractivity contribution in [2.45, 2.75) is 13.8 Å². The highest BCUT2D eigenvalue weighted by Crippen LogP contribution is 2.29. The molecule has 0 aliphatic heterocycles. The van der Waals surface area contributed by atoms with Crippen LogP contribution in [-0.2, 0) is 0 Å². The van der Waals surface area contributed by atoms with Crippen molar-refractivity contribution in [2.75, 3.05) is 0 Å². The number of furan rings is 1. The average Bonchev–Trinajstić information content (AvgIpc) is 3.39. The molecule has 0 saturated heterocycles. The van der Waals surface area contributed by atoms with Gasteiger partial charge >= 0.3 is 0 Å². The van der Waals surface area contributed by atoms with Gasteiger partial charge in [-0.05, 0) is 54.8 Å². The first-order valence-electron chi connectivity index (χ1n) is 9.94. The van der Waals surface area contributed by atoms with E-state index in [-0.39, 0.29) is 0 Å². The van der Waals surface area contributed by atoms with Gasteiger partial charge in [0.2, 0.25) is 4.80 Å². The van der Waals surface area contributed by atoms with Crippen LogP contribution in [0.5, 0.6) is 0 Å². The van der Waals surface area contributed by atoms with Crippen molar-refractivity contribution in [3.63, 3.8) is 0 Å². The van der Waals surface area contributed by atoms with Gasteiger partial charge in [0.1, 0.15) is 11.3 Å². The number of aromatic nitrogens is 2. The number of hydrogen-bond acceptors (Lipinski definition) is 5. The van der Waals surface area contributed by atoms with Gasteiger partial charge in [-0.1, -0.05) is 36.4 Å². The molecule has 0 fully saturated rings. The number of thiazole rings is 1. The van der Waals surface area contributed by atoms with Crippen LogP contribution in [-0.4, -0.2) is 15.9 Å². The summed E-state index contributed by atoms with van der Waals surface area (Å²) in [4.78, 5) is 9.81. The van der Waals surface area contributed by atoms with E-state index in [1.54, 1.807) is 12.4 Å². The molecule has 152 valence electrons. The average molecular weight is 425 g/mol. The van der Waals surface area contributed by atoms with E-state index < -0.39 is 0 Å². The van der Waals surface area contributed by atoms with E-state index in [4.69, 9.17) is 14.5 Å². The lowest BCUT2D eigenvalue weighted by molar-refractivity contribution is 0.622. The monoisotopic (exact) mass is 424 g/mol. The minimum absolute atomic E-state index is 0.757. The Morgan fingerprint density at radius 3 is 2.52 bits per heavy atom. The maximum atomic E-state index is 6.12. The number of benzene rings is 2. The smallest absolute Gasteiger partial charge is 0.211 e. The van der Waals surface area contributed by atoms with Gasteiger partial charge < -0.3 is 4.42 Å². The van der Waals surface area contributed by atoms with E-state index in [1.165, 1.54) is 11.3 Å². The lowest BCUT2D eigenvalue weighted by Crippen LogP contribution is -2.11. The van der Waals surface area contributed by atoms with Gasteiger partial charge in [0.15, 0.2) is 5.76 Å². The summed E-state index contributed by atoms with van der Waals surface area (Å²) in [6, 6.07) is 20.1. The molecule has 0 amide bonds. The van der Waals surface area contributed by atoms with Gasteiger partial charge in [0.25, 0.3) is 0 Å². The van der Waals surface area contributed by atoms with Crippen molar-refractivity contribution in [1.82, 2.24) is 9.66 Å². The number of para-hydroxylation sites is 2. The van der Waals surface area contributed by atoms with Crippen molar-refractivity contribution in [2.24, 2.45) is 10.1 Å². The van der Waals surface area contributed by atoms with Gasteiger partial charge in [0, 0.05) is 23.2 Å². The summed E-state index contributed by atoms with van der Waals surface area (Å²) in [5.41, 5.74) is 5.89. The second kappa shape index (κ2) is 8.16. The van der Waals surface area contributed by atoms with Crippen molar-refractivity contribution < 1.29 is 4.42 Å². The fourth-order valence-electron chi connectivity index (χ4n) is 3.42. The minimum Gasteiger partial charge on any atom is -0.454 e. The zero-order valence-corrected chi connectivity index (χ0v) is 18.0. The van der Waals surface area contributed by atoms with Crippen molar-refractivity contribution in [3.8, 4) is 11.5 Å². The lowest BCUT2D eigenvalue weighted by atomic mass is 10.1. The Balaban J connectivity index is 1.70. The van der Waals surface area contributed by atoms with E-state index in [1.807, 2.05) is 64.8 Å². The molecule has 0 atom stereocenters. The number of nitrogens with zero attached hydrogens (tertiary/aromatic N) is 4. The van der Waals surface area contributed by atoms with Crippen LogP contribution >= 0.6 is 11.3 Å². The summed E-state index contributed by atoms with van der Waals surface area (Å²) in [6.07, 6.45) is 5.31. The molecule has 3 heterocycles. The Bertz CT molecular complexity index is 1400. The molecule has 31 heavy (non-hydrogen) atoms. The third-order valence-electron chi connectivity index (χ3n) is 5.04. The highest BCUT2D eigenvalue weighted by molar-refractivity contribution is 7.07. The van der Waals surface area contributed by atoms with Crippen LogP contribution in [0.1, 0.15) is 16.7 Å². The predicted molar refractivity (Wildman–Crippen MR) is 126 cm³/mol. The molecule has 5 rings (SSSR count). The van der Waals surface area contributed by atoms with Crippen molar-refractivity contribution >= 4 is 34.2 Å². The van der Waals surface area contributed by atoms with Gasteiger partial charge in [-0.3, -0.25) is 4.98 Å². The number of rotatable bonds is 4. The highest BCUT2D eigenvalue weighted by atomic mass is 32.1. The summed E-state index contributed by atoms with van der Waals surface area (Å²) in [6.45, 7) is 4.15. The molecular formula is C25H20N4OS. The minimum atomic E-state index is 0.757. The van der Waals surface area contributed by atoms with E-state index >= 15 is 0 Å². The van der Waals surface area contributed by atoms with Crippen LogP contribution in [0.25, 0.3) is 22.4 Å². The van der Waals surface area contributed by atoms with Crippen molar-refractivity contribution in [3.05, 3.63) is 99.9 Å². The van der Waals surface area contributed by atoms with Crippen LogP contribution < -0.4 is 4.80 Å². The number of hydrogen-bond donors (Lipinski definition) is 0. The van der Waals surface area contributed by atoms with E-state index in [9.17, 15) is 0 Å². The molecule has 0 bridgehead atoms. The zero-order valence-electron chi connectivity index (χ0n) is 17.2. The molecule has 0 saturated carbocycles. The number of fused-ring (bicyclic) bond motifs is 1. The molecule has 0 spiro atoms. The molecular weight excluding hydrogens is 404 g/mol. The van der Waals surface area contributed by atoms with Crippen LogP contribution in [0.4, 0.5) is 5.69 Å². The summed E-state index contributed by atoms with van der Waals surface area (Å²) < 4.78 is 7.96. The summed E-state index contributed by atoms with van der Waals surface area (Å²) >= 11 is 1.54. The standard InChI is InChI=1S/C25H20N4OS/c1-17-6-5-7-18(2)24(17)28-25-29(27-15-19-10-12-26-13-11-19)21(16-31-25)23-14-20-8-3-4-9-22(20)30-23/h3-16H,1-2H3. The lowest BCUT2D eigenvalue weighted by Gasteiger charge is -2.04. The largest absolute Gasteiger partial charge is 0.454 e.